The van der Waals surface area contributed by atoms with Crippen molar-refractivity contribution in [3.63, 3.8) is 0 Å². The number of rotatable bonds is 7. The van der Waals surface area contributed by atoms with Gasteiger partial charge in [0.15, 0.2) is 8.32 Å². The summed E-state index contributed by atoms with van der Waals surface area (Å²) in [5.41, 5.74) is 8.01. The van der Waals surface area contributed by atoms with Gasteiger partial charge < -0.3 is 10.2 Å². The van der Waals surface area contributed by atoms with Gasteiger partial charge in [0.1, 0.15) is 0 Å². The lowest BCUT2D eigenvalue weighted by molar-refractivity contribution is 0.273. The van der Waals surface area contributed by atoms with E-state index >= 15 is 0 Å². The molecule has 5 heteroatoms. The van der Waals surface area contributed by atoms with Gasteiger partial charge in [-0.2, -0.15) is 5.10 Å². The Morgan fingerprint density at radius 1 is 1.22 bits per heavy atom. The first-order valence-electron chi connectivity index (χ1n) is 8.55. The van der Waals surface area contributed by atoms with E-state index in [1.807, 2.05) is 0 Å². The van der Waals surface area contributed by atoms with Crippen molar-refractivity contribution in [1.29, 1.82) is 0 Å². The summed E-state index contributed by atoms with van der Waals surface area (Å²) < 4.78 is 8.37. The summed E-state index contributed by atoms with van der Waals surface area (Å²) in [4.78, 5) is 0. The number of fused-ring (bicyclic) bond motifs is 1. The molecule has 23 heavy (non-hydrogen) atoms. The smallest absolute Gasteiger partial charge is 0.191 e. The van der Waals surface area contributed by atoms with Crippen LogP contribution < -0.4 is 5.73 Å². The predicted molar refractivity (Wildman–Crippen MR) is 100 cm³/mol. The number of nitrogens with zero attached hydrogens (tertiary/aromatic N) is 2. The van der Waals surface area contributed by atoms with Crippen LogP contribution in [-0.4, -0.2) is 31.2 Å². The average Bonchev–Trinajstić information content (AvgIpc) is 2.82. The van der Waals surface area contributed by atoms with Crippen LogP contribution in [0.15, 0.2) is 24.3 Å². The summed E-state index contributed by atoms with van der Waals surface area (Å²) in [5.74, 6) is 0. The molecule has 0 aliphatic heterocycles. The zero-order chi connectivity index (χ0) is 17.1. The molecule has 0 bridgehead atoms. The highest BCUT2D eigenvalue weighted by molar-refractivity contribution is 6.74. The molecule has 0 fully saturated rings. The van der Waals surface area contributed by atoms with Crippen LogP contribution in [0.2, 0.25) is 18.1 Å². The third kappa shape index (κ3) is 4.22. The quantitative estimate of drug-likeness (QED) is 0.616. The van der Waals surface area contributed by atoms with Crippen molar-refractivity contribution in [3.8, 4) is 0 Å². The van der Waals surface area contributed by atoms with E-state index in [1.165, 1.54) is 10.9 Å². The van der Waals surface area contributed by atoms with Gasteiger partial charge in [0.2, 0.25) is 0 Å². The Labute approximate surface area is 141 Å². The first-order valence-corrected chi connectivity index (χ1v) is 11.5. The molecule has 128 valence electrons. The van der Waals surface area contributed by atoms with Crippen LogP contribution in [0, 0.1) is 0 Å². The Bertz CT molecular complexity index is 643. The number of aryl methyl sites for hydroxylation is 1. The van der Waals surface area contributed by atoms with Crippen molar-refractivity contribution in [3.05, 3.63) is 30.0 Å². The van der Waals surface area contributed by atoms with Crippen molar-refractivity contribution in [2.45, 2.75) is 58.3 Å². The largest absolute Gasteiger partial charge is 0.417 e. The molecule has 0 amide bonds. The monoisotopic (exact) mass is 333 g/mol. The molecule has 0 aliphatic rings. The van der Waals surface area contributed by atoms with E-state index in [4.69, 9.17) is 15.3 Å². The van der Waals surface area contributed by atoms with Gasteiger partial charge in [-0.15, -0.1) is 0 Å². The van der Waals surface area contributed by atoms with Crippen molar-refractivity contribution in [2.75, 3.05) is 13.2 Å². The lowest BCUT2D eigenvalue weighted by Crippen LogP contribution is -2.41. The first-order chi connectivity index (χ1) is 10.8. The van der Waals surface area contributed by atoms with E-state index in [0.29, 0.717) is 6.54 Å². The molecule has 0 atom stereocenters. The molecule has 1 aromatic carbocycles. The second-order valence-corrected chi connectivity index (χ2v) is 12.5. The number of hydrogen-bond donors (Lipinski definition) is 1. The van der Waals surface area contributed by atoms with Crippen molar-refractivity contribution < 1.29 is 4.43 Å². The fourth-order valence-electron chi connectivity index (χ4n) is 2.45. The standard InChI is InChI=1S/C18H31N3OSi/c1-18(2,3)23(4,5)22-14-8-13-21-17-10-7-6-9-15(17)16(20-21)11-12-19/h6-7,9-10H,8,11-14,19H2,1-5H3. The summed E-state index contributed by atoms with van der Waals surface area (Å²) in [6, 6.07) is 8.40. The molecule has 2 rings (SSSR count). The highest BCUT2D eigenvalue weighted by Crippen LogP contribution is 2.36. The molecule has 0 aliphatic carbocycles. The maximum absolute atomic E-state index is 6.26. The number of hydrogen-bond acceptors (Lipinski definition) is 3. The minimum Gasteiger partial charge on any atom is -0.417 e. The predicted octanol–water partition coefficient (Wildman–Crippen LogP) is 3.95. The summed E-state index contributed by atoms with van der Waals surface area (Å²) in [5, 5.41) is 6.24. The fourth-order valence-corrected chi connectivity index (χ4v) is 3.53. The summed E-state index contributed by atoms with van der Waals surface area (Å²) in [7, 11) is -1.65. The van der Waals surface area contributed by atoms with E-state index in [9.17, 15) is 0 Å². The zero-order valence-corrected chi connectivity index (χ0v) is 16.2. The highest BCUT2D eigenvalue weighted by atomic mass is 28.4. The third-order valence-electron chi connectivity index (χ3n) is 4.90. The van der Waals surface area contributed by atoms with E-state index in [-0.39, 0.29) is 5.04 Å². The normalized spacial score (nSPS) is 13.0. The Balaban J connectivity index is 2.00. The van der Waals surface area contributed by atoms with E-state index in [2.05, 4.69) is 62.8 Å². The summed E-state index contributed by atoms with van der Waals surface area (Å²) >= 11 is 0. The molecule has 1 aromatic heterocycles. The molecule has 2 N–H and O–H groups in total. The van der Waals surface area contributed by atoms with E-state index < -0.39 is 8.32 Å². The molecular weight excluding hydrogens is 302 g/mol. The van der Waals surface area contributed by atoms with Crippen LogP contribution in [0.3, 0.4) is 0 Å². The molecule has 2 aromatic rings. The molecule has 0 unspecified atom stereocenters. The molecule has 1 heterocycles. The van der Waals surface area contributed by atoms with Gasteiger partial charge in [0.25, 0.3) is 0 Å². The summed E-state index contributed by atoms with van der Waals surface area (Å²) in [6.07, 6.45) is 1.81. The Hall–Kier alpha value is -1.17. The fraction of sp³-hybridized carbons (Fsp3) is 0.611. The van der Waals surface area contributed by atoms with Crippen LogP contribution in [0.4, 0.5) is 0 Å². The lowest BCUT2D eigenvalue weighted by atomic mass is 10.2. The average molecular weight is 334 g/mol. The SMILES string of the molecule is CC(C)(C)[Si](C)(C)OCCCn1nc(CCN)c2ccccc21. The number of para-hydroxylation sites is 1. The number of benzene rings is 1. The summed E-state index contributed by atoms with van der Waals surface area (Å²) in [6.45, 7) is 13.8. The maximum atomic E-state index is 6.26. The number of nitrogens with two attached hydrogens (primary N) is 1. The first kappa shape index (κ1) is 18.2. The lowest BCUT2D eigenvalue weighted by Gasteiger charge is -2.36. The zero-order valence-electron chi connectivity index (χ0n) is 15.2. The molecule has 0 spiro atoms. The topological polar surface area (TPSA) is 53.1 Å². The van der Waals surface area contributed by atoms with Gasteiger partial charge in [-0.1, -0.05) is 39.0 Å². The van der Waals surface area contributed by atoms with Gasteiger partial charge in [-0.05, 0) is 37.2 Å². The Morgan fingerprint density at radius 3 is 2.57 bits per heavy atom. The Kier molecular flexibility index (Phi) is 5.65. The van der Waals surface area contributed by atoms with Gasteiger partial charge in [-0.25, -0.2) is 0 Å². The van der Waals surface area contributed by atoms with E-state index in [0.717, 1.165) is 31.7 Å². The van der Waals surface area contributed by atoms with Crippen LogP contribution in [0.1, 0.15) is 32.9 Å². The molecule has 0 saturated carbocycles. The molecule has 0 radical (unpaired) electrons. The molecular formula is C18H31N3OSi. The number of aromatic nitrogens is 2. The molecule has 0 saturated heterocycles. The second kappa shape index (κ2) is 7.15. The molecule has 4 nitrogen and oxygen atoms in total. The van der Waals surface area contributed by atoms with Crippen LogP contribution >= 0.6 is 0 Å². The van der Waals surface area contributed by atoms with Crippen LogP contribution in [0.25, 0.3) is 10.9 Å². The highest BCUT2D eigenvalue weighted by Gasteiger charge is 2.36. The Morgan fingerprint density at radius 2 is 1.91 bits per heavy atom. The van der Waals surface area contributed by atoms with Gasteiger partial charge in [-0.3, -0.25) is 4.68 Å². The minimum absolute atomic E-state index is 0.264. The van der Waals surface area contributed by atoms with Crippen molar-refractivity contribution >= 4 is 19.2 Å². The minimum atomic E-state index is -1.65. The van der Waals surface area contributed by atoms with Crippen molar-refractivity contribution in [1.82, 2.24) is 9.78 Å². The maximum Gasteiger partial charge on any atom is 0.191 e. The van der Waals surface area contributed by atoms with Crippen LogP contribution in [0.5, 0.6) is 0 Å². The van der Waals surface area contributed by atoms with Crippen molar-refractivity contribution in [2.24, 2.45) is 5.73 Å². The van der Waals surface area contributed by atoms with E-state index in [1.54, 1.807) is 0 Å². The van der Waals surface area contributed by atoms with Crippen LogP contribution in [-0.2, 0) is 17.4 Å². The second-order valence-electron chi connectivity index (χ2n) is 7.69. The van der Waals surface area contributed by atoms with Gasteiger partial charge >= 0.3 is 0 Å². The van der Waals surface area contributed by atoms with Gasteiger partial charge in [0.05, 0.1) is 11.2 Å². The van der Waals surface area contributed by atoms with Gasteiger partial charge in [0, 0.05) is 25.0 Å². The third-order valence-corrected chi connectivity index (χ3v) is 9.44.